The minimum Gasteiger partial charge on any atom is -0.406 e. The molecule has 22 heavy (non-hydrogen) atoms. The van der Waals surface area contributed by atoms with E-state index in [1.54, 1.807) is 11.9 Å². The summed E-state index contributed by atoms with van der Waals surface area (Å²) in [6.07, 6.45) is -2.15. The van der Waals surface area contributed by atoms with Gasteiger partial charge in [0, 0.05) is 26.1 Å². The Morgan fingerprint density at radius 3 is 2.59 bits per heavy atom. The topological polar surface area (TPSA) is 41.6 Å². The van der Waals surface area contributed by atoms with Gasteiger partial charge in [0.15, 0.2) is 0 Å². The molecule has 1 aliphatic rings. The van der Waals surface area contributed by atoms with Crippen molar-refractivity contribution in [2.45, 2.75) is 38.2 Å². The second-order valence-corrected chi connectivity index (χ2v) is 5.44. The first-order chi connectivity index (χ1) is 10.3. The van der Waals surface area contributed by atoms with E-state index in [0.29, 0.717) is 13.0 Å². The molecule has 0 spiro atoms. The molecule has 122 valence electrons. The van der Waals surface area contributed by atoms with Crippen molar-refractivity contribution < 1.29 is 22.7 Å². The highest BCUT2D eigenvalue weighted by Crippen LogP contribution is 2.23. The summed E-state index contributed by atoms with van der Waals surface area (Å²) < 4.78 is 40.0. The van der Waals surface area contributed by atoms with Crippen molar-refractivity contribution >= 4 is 5.91 Å². The fraction of sp³-hybridized carbons (Fsp3) is 0.533. The van der Waals surface area contributed by atoms with Crippen molar-refractivity contribution in [3.63, 3.8) is 0 Å². The smallest absolute Gasteiger partial charge is 0.406 e. The van der Waals surface area contributed by atoms with Crippen molar-refractivity contribution in [3.05, 3.63) is 29.8 Å². The molecule has 0 saturated carbocycles. The number of hydrogen-bond acceptors (Lipinski definition) is 3. The molecule has 1 saturated heterocycles. The lowest BCUT2D eigenvalue weighted by molar-refractivity contribution is -0.274. The van der Waals surface area contributed by atoms with Gasteiger partial charge in [0.05, 0.1) is 0 Å². The molecular formula is C15H19F3N2O2. The Bertz CT molecular complexity index is 497. The Labute approximate surface area is 127 Å². The number of rotatable bonds is 5. The molecule has 7 heteroatoms. The van der Waals surface area contributed by atoms with Gasteiger partial charge in [-0.15, -0.1) is 13.2 Å². The molecule has 1 atom stereocenters. The normalized spacial score (nSPS) is 18.3. The van der Waals surface area contributed by atoms with Crippen LogP contribution in [-0.4, -0.2) is 36.8 Å². The fourth-order valence-corrected chi connectivity index (χ4v) is 2.46. The fourth-order valence-electron chi connectivity index (χ4n) is 2.46. The van der Waals surface area contributed by atoms with Crippen molar-refractivity contribution in [1.82, 2.24) is 10.2 Å². The van der Waals surface area contributed by atoms with E-state index < -0.39 is 6.36 Å². The number of ether oxygens (including phenoxy) is 1. The number of hydrogen-bond donors (Lipinski definition) is 1. The molecule has 0 bridgehead atoms. The number of nitrogens with zero attached hydrogens (tertiary/aromatic N) is 1. The highest BCUT2D eigenvalue weighted by molar-refractivity contribution is 5.76. The minimum absolute atomic E-state index is 0.0232. The Morgan fingerprint density at radius 1 is 1.36 bits per heavy atom. The molecule has 0 aromatic heterocycles. The molecular weight excluding hydrogens is 297 g/mol. The van der Waals surface area contributed by atoms with Gasteiger partial charge < -0.3 is 15.0 Å². The number of alkyl halides is 3. The van der Waals surface area contributed by atoms with E-state index in [1.807, 2.05) is 0 Å². The average molecular weight is 316 g/mol. The minimum atomic E-state index is -4.69. The van der Waals surface area contributed by atoms with Crippen LogP contribution in [-0.2, 0) is 11.3 Å². The highest BCUT2D eigenvalue weighted by Gasteiger charge is 2.31. The lowest BCUT2D eigenvalue weighted by Crippen LogP contribution is -2.33. The molecule has 1 aromatic rings. The predicted molar refractivity (Wildman–Crippen MR) is 75.2 cm³/mol. The second kappa shape index (κ2) is 7.00. The Hall–Kier alpha value is -1.76. The van der Waals surface area contributed by atoms with Crippen LogP contribution in [0.5, 0.6) is 5.75 Å². The van der Waals surface area contributed by atoms with Gasteiger partial charge in [-0.05, 0) is 37.1 Å². The van der Waals surface area contributed by atoms with E-state index in [1.165, 1.54) is 24.3 Å². The number of benzene rings is 1. The van der Waals surface area contributed by atoms with Crippen molar-refractivity contribution in [2.24, 2.45) is 0 Å². The molecule has 1 N–H and O–H groups in total. The average Bonchev–Trinajstić information content (AvgIpc) is 2.92. The van der Waals surface area contributed by atoms with E-state index in [0.717, 1.165) is 24.9 Å². The summed E-state index contributed by atoms with van der Waals surface area (Å²) >= 11 is 0. The van der Waals surface area contributed by atoms with Crippen LogP contribution in [0.2, 0.25) is 0 Å². The Morgan fingerprint density at radius 2 is 2.05 bits per heavy atom. The molecule has 1 aromatic carbocycles. The third-order valence-electron chi connectivity index (χ3n) is 3.59. The van der Waals surface area contributed by atoms with Crippen LogP contribution in [0.3, 0.4) is 0 Å². The maximum Gasteiger partial charge on any atom is 0.573 e. The molecule has 1 fully saturated rings. The largest absolute Gasteiger partial charge is 0.573 e. The van der Waals surface area contributed by atoms with E-state index in [2.05, 4.69) is 10.1 Å². The van der Waals surface area contributed by atoms with Gasteiger partial charge in [-0.2, -0.15) is 0 Å². The maximum absolute atomic E-state index is 12.1. The van der Waals surface area contributed by atoms with Crippen molar-refractivity contribution in [3.8, 4) is 5.75 Å². The zero-order chi connectivity index (χ0) is 16.2. The van der Waals surface area contributed by atoms with Crippen LogP contribution in [0.1, 0.15) is 24.8 Å². The number of halogens is 3. The number of carbonyl (C=O) groups excluding carboxylic acids is 1. The molecule has 2 rings (SSSR count). The molecule has 1 heterocycles. The third kappa shape index (κ3) is 5.22. The zero-order valence-corrected chi connectivity index (χ0v) is 12.3. The summed E-state index contributed by atoms with van der Waals surface area (Å²) in [6, 6.07) is 5.79. The van der Waals surface area contributed by atoms with E-state index in [9.17, 15) is 18.0 Å². The van der Waals surface area contributed by atoms with Gasteiger partial charge in [-0.1, -0.05) is 12.1 Å². The van der Waals surface area contributed by atoms with Crippen LogP contribution in [0.4, 0.5) is 13.2 Å². The summed E-state index contributed by atoms with van der Waals surface area (Å²) in [4.78, 5) is 13.7. The van der Waals surface area contributed by atoms with Gasteiger partial charge in [-0.25, -0.2) is 0 Å². The maximum atomic E-state index is 12.1. The molecule has 4 nitrogen and oxygen atoms in total. The van der Waals surface area contributed by atoms with Gasteiger partial charge in [0.1, 0.15) is 5.75 Å². The van der Waals surface area contributed by atoms with Gasteiger partial charge in [0.25, 0.3) is 0 Å². The lowest BCUT2D eigenvalue weighted by Gasteiger charge is -2.20. The summed E-state index contributed by atoms with van der Waals surface area (Å²) in [5.74, 6) is -0.240. The number of amides is 1. The van der Waals surface area contributed by atoms with Gasteiger partial charge >= 0.3 is 6.36 Å². The van der Waals surface area contributed by atoms with E-state index in [-0.39, 0.29) is 17.7 Å². The summed E-state index contributed by atoms with van der Waals surface area (Å²) in [7, 11) is 1.69. The predicted octanol–water partition coefficient (Wildman–Crippen LogP) is 2.69. The first kappa shape index (κ1) is 16.6. The van der Waals surface area contributed by atoms with Crippen LogP contribution in [0.15, 0.2) is 24.3 Å². The number of carbonyl (C=O) groups is 1. The summed E-state index contributed by atoms with van der Waals surface area (Å²) in [6.45, 7) is 1.31. The molecule has 1 aliphatic heterocycles. The lowest BCUT2D eigenvalue weighted by atomic mass is 10.1. The molecule has 0 aliphatic carbocycles. The highest BCUT2D eigenvalue weighted by atomic mass is 19.4. The molecule has 0 radical (unpaired) electrons. The number of nitrogens with one attached hydrogen (secondary N) is 1. The Balaban J connectivity index is 1.85. The van der Waals surface area contributed by atoms with E-state index in [4.69, 9.17) is 0 Å². The summed E-state index contributed by atoms with van der Waals surface area (Å²) in [5, 5.41) is 3.26. The second-order valence-electron chi connectivity index (χ2n) is 5.44. The first-order valence-corrected chi connectivity index (χ1v) is 7.15. The van der Waals surface area contributed by atoms with Gasteiger partial charge in [0.2, 0.25) is 5.91 Å². The Kier molecular flexibility index (Phi) is 5.28. The van der Waals surface area contributed by atoms with Crippen molar-refractivity contribution in [1.29, 1.82) is 0 Å². The third-order valence-corrected chi connectivity index (χ3v) is 3.59. The standard InChI is InChI=1S/C15H19F3N2O2/c1-20(14(21)9-12-3-2-8-19-12)10-11-4-6-13(7-5-11)22-15(16,17)18/h4-7,12,19H,2-3,8-10H2,1H3. The van der Waals surface area contributed by atoms with E-state index >= 15 is 0 Å². The van der Waals surface area contributed by atoms with Crippen molar-refractivity contribution in [2.75, 3.05) is 13.6 Å². The molecule has 1 amide bonds. The molecule has 1 unspecified atom stereocenters. The van der Waals surface area contributed by atoms with Crippen LogP contribution < -0.4 is 10.1 Å². The van der Waals surface area contributed by atoms with Crippen LogP contribution in [0, 0.1) is 0 Å². The monoisotopic (exact) mass is 316 g/mol. The summed E-state index contributed by atoms with van der Waals surface area (Å²) in [5.41, 5.74) is 0.754. The van der Waals surface area contributed by atoms with Gasteiger partial charge in [-0.3, -0.25) is 4.79 Å². The zero-order valence-electron chi connectivity index (χ0n) is 12.3. The quantitative estimate of drug-likeness (QED) is 0.908. The SMILES string of the molecule is CN(Cc1ccc(OC(F)(F)F)cc1)C(=O)CC1CCCN1. The first-order valence-electron chi connectivity index (χ1n) is 7.15. The van der Waals surface area contributed by atoms with Crippen LogP contribution in [0.25, 0.3) is 0 Å². The van der Waals surface area contributed by atoms with Crippen LogP contribution >= 0.6 is 0 Å².